The third kappa shape index (κ3) is 3.39. The number of aromatic nitrogens is 3. The maximum atomic E-state index is 12.9. The van der Waals surface area contributed by atoms with Crippen molar-refractivity contribution in [3.63, 3.8) is 0 Å². The van der Waals surface area contributed by atoms with Gasteiger partial charge in [-0.25, -0.2) is 0 Å². The predicted octanol–water partition coefficient (Wildman–Crippen LogP) is 4.57. The van der Waals surface area contributed by atoms with Gasteiger partial charge in [0, 0.05) is 28.7 Å². The van der Waals surface area contributed by atoms with Gasteiger partial charge in [-0.15, -0.1) is 10.2 Å². The second kappa shape index (κ2) is 7.07. The fourth-order valence-corrected chi connectivity index (χ4v) is 2.96. The van der Waals surface area contributed by atoms with Crippen molar-refractivity contribution in [2.75, 3.05) is 5.32 Å². The highest BCUT2D eigenvalue weighted by atomic mass is 19.4. The molecular formula is C20H13F3N4O3. The van der Waals surface area contributed by atoms with Crippen molar-refractivity contribution in [3.8, 4) is 28.5 Å². The number of para-hydroxylation sites is 1. The minimum Gasteiger partial charge on any atom is -0.507 e. The van der Waals surface area contributed by atoms with Crippen LogP contribution in [-0.4, -0.2) is 30.5 Å². The summed E-state index contributed by atoms with van der Waals surface area (Å²) in [5.41, 5.74) is -0.595. The van der Waals surface area contributed by atoms with Crippen molar-refractivity contribution in [2.24, 2.45) is 0 Å². The Morgan fingerprint density at radius 2 is 1.67 bits per heavy atom. The number of hydrogen-bond donors (Lipinski definition) is 4. The Morgan fingerprint density at radius 1 is 0.867 bits per heavy atom. The van der Waals surface area contributed by atoms with E-state index in [0.29, 0.717) is 16.8 Å². The van der Waals surface area contributed by atoms with Gasteiger partial charge < -0.3 is 20.6 Å². The molecule has 0 amide bonds. The second-order valence-corrected chi connectivity index (χ2v) is 6.35. The van der Waals surface area contributed by atoms with Crippen molar-refractivity contribution in [2.45, 2.75) is 6.18 Å². The van der Waals surface area contributed by atoms with Crippen LogP contribution in [0.15, 0.2) is 54.9 Å². The highest BCUT2D eigenvalue weighted by molar-refractivity contribution is 6.01. The smallest absolute Gasteiger partial charge is 0.416 e. The lowest BCUT2D eigenvalue weighted by atomic mass is 10.0. The summed E-state index contributed by atoms with van der Waals surface area (Å²) < 4.78 is 38.6. The van der Waals surface area contributed by atoms with Crippen LogP contribution in [0.2, 0.25) is 0 Å². The molecule has 4 aromatic rings. The molecule has 0 unspecified atom stereocenters. The summed E-state index contributed by atoms with van der Waals surface area (Å²) in [5.74, 6) is -1.12. The topological polar surface area (TPSA) is 111 Å². The third-order valence-corrected chi connectivity index (χ3v) is 4.43. The zero-order chi connectivity index (χ0) is 21.5. The molecule has 4 rings (SSSR count). The lowest BCUT2D eigenvalue weighted by molar-refractivity contribution is -0.137. The second-order valence-electron chi connectivity index (χ2n) is 6.35. The number of anilines is 2. The summed E-state index contributed by atoms with van der Waals surface area (Å²) in [7, 11) is 0. The molecule has 0 fully saturated rings. The molecule has 0 aliphatic heterocycles. The van der Waals surface area contributed by atoms with Crippen molar-refractivity contribution in [1.29, 1.82) is 0 Å². The van der Waals surface area contributed by atoms with Crippen molar-refractivity contribution in [3.05, 3.63) is 60.4 Å². The van der Waals surface area contributed by atoms with Crippen LogP contribution in [0.25, 0.3) is 22.0 Å². The highest BCUT2D eigenvalue weighted by Gasteiger charge is 2.31. The summed E-state index contributed by atoms with van der Waals surface area (Å²) >= 11 is 0. The van der Waals surface area contributed by atoms with Gasteiger partial charge in [-0.2, -0.15) is 13.2 Å². The molecule has 2 aromatic carbocycles. The average Bonchev–Trinajstić information content (AvgIpc) is 2.71. The van der Waals surface area contributed by atoms with E-state index in [2.05, 4.69) is 20.5 Å². The molecule has 0 aliphatic carbocycles. The van der Waals surface area contributed by atoms with E-state index < -0.39 is 17.5 Å². The largest absolute Gasteiger partial charge is 0.507 e. The van der Waals surface area contributed by atoms with E-state index in [1.807, 2.05) is 0 Å². The lowest BCUT2D eigenvalue weighted by Gasteiger charge is -2.13. The van der Waals surface area contributed by atoms with Crippen molar-refractivity contribution in [1.82, 2.24) is 15.2 Å². The fraction of sp³-hybridized carbons (Fsp3) is 0.0500. The fourth-order valence-electron chi connectivity index (χ4n) is 2.96. The Morgan fingerprint density at radius 3 is 2.40 bits per heavy atom. The summed E-state index contributed by atoms with van der Waals surface area (Å²) in [6.45, 7) is 0. The zero-order valence-electron chi connectivity index (χ0n) is 15.0. The van der Waals surface area contributed by atoms with Crippen LogP contribution >= 0.6 is 0 Å². The minimum atomic E-state index is -4.59. The van der Waals surface area contributed by atoms with E-state index >= 15 is 0 Å². The van der Waals surface area contributed by atoms with E-state index in [-0.39, 0.29) is 34.3 Å². The summed E-state index contributed by atoms with van der Waals surface area (Å²) in [6, 6.07) is 8.50. The number of pyridine rings is 1. The van der Waals surface area contributed by atoms with E-state index in [4.69, 9.17) is 0 Å². The summed E-state index contributed by atoms with van der Waals surface area (Å²) in [4.78, 5) is 4.03. The number of benzene rings is 2. The summed E-state index contributed by atoms with van der Waals surface area (Å²) in [5, 5.41) is 41.6. The Kier molecular flexibility index (Phi) is 4.53. The number of phenolic OH excluding ortho intramolecular Hbond substituents is 3. The number of nitrogens with zero attached hydrogens (tertiary/aromatic N) is 3. The van der Waals surface area contributed by atoms with Gasteiger partial charge in [0.25, 0.3) is 0 Å². The van der Waals surface area contributed by atoms with Crippen LogP contribution in [0.4, 0.5) is 24.7 Å². The van der Waals surface area contributed by atoms with E-state index in [0.717, 1.165) is 12.1 Å². The highest BCUT2D eigenvalue weighted by Crippen LogP contribution is 2.40. The molecule has 2 aromatic heterocycles. The number of hydrogen-bond acceptors (Lipinski definition) is 7. The molecule has 0 spiro atoms. The number of rotatable bonds is 3. The van der Waals surface area contributed by atoms with Gasteiger partial charge in [-0.05, 0) is 36.4 Å². The van der Waals surface area contributed by atoms with Gasteiger partial charge in [0.15, 0.2) is 17.3 Å². The quantitative estimate of drug-likeness (QED) is 0.363. The van der Waals surface area contributed by atoms with Crippen molar-refractivity contribution >= 4 is 22.3 Å². The first-order valence-corrected chi connectivity index (χ1v) is 8.54. The van der Waals surface area contributed by atoms with Crippen LogP contribution in [0.3, 0.4) is 0 Å². The third-order valence-electron chi connectivity index (χ3n) is 4.43. The SMILES string of the molecule is Oc1cc(C(F)(F)F)ccc1-c1nnc(Nc2cccc(O)c2O)c2cnccc12. The molecule has 0 saturated carbocycles. The van der Waals surface area contributed by atoms with E-state index in [9.17, 15) is 28.5 Å². The Labute approximate surface area is 167 Å². The Hall–Kier alpha value is -4.08. The van der Waals surface area contributed by atoms with Gasteiger partial charge in [0.2, 0.25) is 0 Å². The maximum Gasteiger partial charge on any atom is 0.416 e. The number of fused-ring (bicyclic) bond motifs is 1. The average molecular weight is 414 g/mol. The molecule has 0 radical (unpaired) electrons. The number of alkyl halides is 3. The number of nitrogens with one attached hydrogen (secondary N) is 1. The molecule has 0 atom stereocenters. The van der Waals surface area contributed by atoms with Crippen molar-refractivity contribution < 1.29 is 28.5 Å². The van der Waals surface area contributed by atoms with Gasteiger partial charge in [0.1, 0.15) is 11.4 Å². The Bertz CT molecular complexity index is 1260. The molecule has 152 valence electrons. The van der Waals surface area contributed by atoms with Crippen LogP contribution in [-0.2, 0) is 6.18 Å². The molecule has 0 bridgehead atoms. The molecule has 30 heavy (non-hydrogen) atoms. The summed E-state index contributed by atoms with van der Waals surface area (Å²) in [6.07, 6.45) is -1.67. The minimum absolute atomic E-state index is 0.0680. The number of phenols is 3. The molecule has 7 nitrogen and oxygen atoms in total. The van der Waals surface area contributed by atoms with Crippen LogP contribution < -0.4 is 5.32 Å². The lowest BCUT2D eigenvalue weighted by Crippen LogP contribution is -2.05. The first-order chi connectivity index (χ1) is 14.3. The molecule has 10 heteroatoms. The Balaban J connectivity index is 1.83. The molecule has 4 N–H and O–H groups in total. The standard InChI is InChI=1S/C20H13F3N4O3/c21-20(22,23)10-4-5-12(16(29)8-10)17-11-6-7-24-9-13(11)19(27-26-17)25-14-2-1-3-15(28)18(14)30/h1-9,28-30H,(H,25,27). The van der Waals surface area contributed by atoms with Gasteiger partial charge >= 0.3 is 6.18 Å². The number of aromatic hydroxyl groups is 3. The first kappa shape index (κ1) is 19.2. The molecule has 0 aliphatic rings. The molecular weight excluding hydrogens is 401 g/mol. The van der Waals surface area contributed by atoms with E-state index in [1.165, 1.54) is 30.6 Å². The molecule has 2 heterocycles. The van der Waals surface area contributed by atoms with Gasteiger partial charge in [-0.3, -0.25) is 4.98 Å². The van der Waals surface area contributed by atoms with Gasteiger partial charge in [-0.1, -0.05) is 6.07 Å². The molecule has 0 saturated heterocycles. The van der Waals surface area contributed by atoms with E-state index in [1.54, 1.807) is 6.07 Å². The maximum absolute atomic E-state index is 12.9. The first-order valence-electron chi connectivity index (χ1n) is 8.54. The predicted molar refractivity (Wildman–Crippen MR) is 102 cm³/mol. The van der Waals surface area contributed by atoms with Crippen LogP contribution in [0.5, 0.6) is 17.2 Å². The van der Waals surface area contributed by atoms with Crippen LogP contribution in [0.1, 0.15) is 5.56 Å². The van der Waals surface area contributed by atoms with Gasteiger partial charge in [0.05, 0.1) is 11.3 Å². The monoisotopic (exact) mass is 414 g/mol. The normalized spacial score (nSPS) is 11.6. The number of halogens is 3. The van der Waals surface area contributed by atoms with Crippen LogP contribution in [0, 0.1) is 0 Å². The zero-order valence-corrected chi connectivity index (χ0v) is 15.0.